The van der Waals surface area contributed by atoms with Gasteiger partial charge in [0.05, 0.1) is 5.75 Å². The van der Waals surface area contributed by atoms with Crippen molar-refractivity contribution in [1.82, 2.24) is 20.1 Å². The molecule has 0 aliphatic heterocycles. The lowest BCUT2D eigenvalue weighted by atomic mass is 9.93. The molecule has 0 unspecified atom stereocenters. The number of aromatic amines is 1. The number of nitrogens with one attached hydrogen (secondary N) is 1. The molecule has 134 valence electrons. The van der Waals surface area contributed by atoms with E-state index in [1.165, 1.54) is 31.0 Å². The summed E-state index contributed by atoms with van der Waals surface area (Å²) in [6.07, 6.45) is 6.02. The van der Waals surface area contributed by atoms with E-state index in [0.717, 1.165) is 24.2 Å². The number of aromatic nitrogens is 3. The zero-order valence-corrected chi connectivity index (χ0v) is 15.8. The smallest absolute Gasteiger partial charge is 0.233 e. The number of thioether (sulfide) groups is 1. The average molecular weight is 359 g/mol. The van der Waals surface area contributed by atoms with Crippen molar-refractivity contribution in [3.05, 3.63) is 30.3 Å². The maximum atomic E-state index is 12.8. The summed E-state index contributed by atoms with van der Waals surface area (Å²) in [4.78, 5) is 19.3. The van der Waals surface area contributed by atoms with E-state index in [9.17, 15) is 4.79 Å². The minimum atomic E-state index is 0.193. The summed E-state index contributed by atoms with van der Waals surface area (Å²) in [6.45, 7) is 4.22. The van der Waals surface area contributed by atoms with E-state index in [-0.39, 0.29) is 11.9 Å². The third kappa shape index (κ3) is 4.63. The molecule has 2 aromatic rings. The van der Waals surface area contributed by atoms with Gasteiger partial charge in [-0.2, -0.15) is 0 Å². The van der Waals surface area contributed by atoms with Gasteiger partial charge in [0.15, 0.2) is 5.82 Å². The second-order valence-electron chi connectivity index (χ2n) is 6.81. The number of amides is 1. The van der Waals surface area contributed by atoms with E-state index in [1.54, 1.807) is 0 Å². The Kier molecular flexibility index (Phi) is 6.13. The van der Waals surface area contributed by atoms with Gasteiger partial charge in [-0.05, 0) is 26.7 Å². The fourth-order valence-corrected chi connectivity index (χ4v) is 4.18. The number of rotatable bonds is 6. The van der Waals surface area contributed by atoms with Crippen molar-refractivity contribution in [2.75, 3.05) is 5.75 Å². The highest BCUT2D eigenvalue weighted by Crippen LogP contribution is 2.26. The maximum absolute atomic E-state index is 12.8. The van der Waals surface area contributed by atoms with Crippen molar-refractivity contribution in [2.45, 2.75) is 63.2 Å². The zero-order valence-electron chi connectivity index (χ0n) is 14.9. The Morgan fingerprint density at radius 1 is 1.24 bits per heavy atom. The van der Waals surface area contributed by atoms with E-state index in [2.05, 4.69) is 33.9 Å². The highest BCUT2D eigenvalue weighted by molar-refractivity contribution is 7.99. The maximum Gasteiger partial charge on any atom is 0.233 e. The van der Waals surface area contributed by atoms with E-state index >= 15 is 0 Å². The van der Waals surface area contributed by atoms with Crippen LogP contribution in [0.2, 0.25) is 0 Å². The average Bonchev–Trinajstić information content (AvgIpc) is 3.10. The molecule has 3 rings (SSSR count). The van der Waals surface area contributed by atoms with Crippen LogP contribution < -0.4 is 0 Å². The van der Waals surface area contributed by atoms with Crippen LogP contribution in [-0.4, -0.2) is 43.8 Å². The Hall–Kier alpha value is -1.82. The van der Waals surface area contributed by atoms with E-state index in [4.69, 9.17) is 0 Å². The third-order valence-electron chi connectivity index (χ3n) is 4.65. The fourth-order valence-electron chi connectivity index (χ4n) is 3.51. The SMILES string of the molecule is CC(C)N(C(=O)CSc1n[nH]c(-c2ccccc2)n1)C1CCCCC1. The monoisotopic (exact) mass is 358 g/mol. The van der Waals surface area contributed by atoms with Crippen LogP contribution in [0.3, 0.4) is 0 Å². The van der Waals surface area contributed by atoms with Gasteiger partial charge in [0.25, 0.3) is 0 Å². The summed E-state index contributed by atoms with van der Waals surface area (Å²) in [7, 11) is 0. The summed E-state index contributed by atoms with van der Waals surface area (Å²) >= 11 is 1.41. The van der Waals surface area contributed by atoms with Gasteiger partial charge in [-0.15, -0.1) is 5.10 Å². The molecular weight excluding hydrogens is 332 g/mol. The van der Waals surface area contributed by atoms with Crippen LogP contribution in [0.5, 0.6) is 0 Å². The molecule has 1 aromatic carbocycles. The fraction of sp³-hybridized carbons (Fsp3) is 0.526. The standard InChI is InChI=1S/C19H26N4OS/c1-14(2)23(16-11-7-4-8-12-16)17(24)13-25-19-20-18(21-22-19)15-9-5-3-6-10-15/h3,5-6,9-10,14,16H,4,7-8,11-13H2,1-2H3,(H,20,21,22). The molecule has 5 nitrogen and oxygen atoms in total. The van der Waals surface area contributed by atoms with Crippen LogP contribution in [0.15, 0.2) is 35.5 Å². The first-order chi connectivity index (χ1) is 12.1. The molecule has 0 saturated heterocycles. The first kappa shape index (κ1) is 18.0. The number of nitrogens with zero attached hydrogens (tertiary/aromatic N) is 3. The lowest BCUT2D eigenvalue weighted by Gasteiger charge is -2.37. The van der Waals surface area contributed by atoms with Gasteiger partial charge in [0.2, 0.25) is 11.1 Å². The predicted octanol–water partition coefficient (Wildman–Crippen LogP) is 4.13. The number of benzene rings is 1. The third-order valence-corrected chi connectivity index (χ3v) is 5.48. The lowest BCUT2D eigenvalue weighted by molar-refractivity contribution is -0.133. The van der Waals surface area contributed by atoms with E-state index in [1.807, 2.05) is 30.3 Å². The van der Waals surface area contributed by atoms with Crippen molar-refractivity contribution in [3.63, 3.8) is 0 Å². The quantitative estimate of drug-likeness (QED) is 0.789. The van der Waals surface area contributed by atoms with Gasteiger partial charge < -0.3 is 4.90 Å². The van der Waals surface area contributed by atoms with Gasteiger partial charge >= 0.3 is 0 Å². The van der Waals surface area contributed by atoms with Crippen LogP contribution in [0.4, 0.5) is 0 Å². The molecule has 1 heterocycles. The Bertz CT molecular complexity index is 680. The molecule has 1 fully saturated rings. The Balaban J connectivity index is 1.60. The van der Waals surface area contributed by atoms with Gasteiger partial charge in [-0.3, -0.25) is 9.89 Å². The highest BCUT2D eigenvalue weighted by Gasteiger charge is 2.27. The minimum absolute atomic E-state index is 0.193. The van der Waals surface area contributed by atoms with Gasteiger partial charge in [-0.1, -0.05) is 61.4 Å². The van der Waals surface area contributed by atoms with Crippen LogP contribution in [0, 0.1) is 0 Å². The lowest BCUT2D eigenvalue weighted by Crippen LogP contribution is -2.46. The number of carbonyl (C=O) groups excluding carboxylic acids is 1. The Morgan fingerprint density at radius 3 is 2.64 bits per heavy atom. The van der Waals surface area contributed by atoms with Gasteiger partial charge in [0.1, 0.15) is 0 Å². The summed E-state index contributed by atoms with van der Waals surface area (Å²) in [6, 6.07) is 10.5. The summed E-state index contributed by atoms with van der Waals surface area (Å²) in [5, 5.41) is 7.82. The van der Waals surface area contributed by atoms with Gasteiger partial charge in [-0.25, -0.2) is 4.98 Å². The highest BCUT2D eigenvalue weighted by atomic mass is 32.2. The number of hydrogen-bond donors (Lipinski definition) is 1. The molecule has 1 N–H and O–H groups in total. The molecule has 6 heteroatoms. The molecule has 0 spiro atoms. The first-order valence-electron chi connectivity index (χ1n) is 9.07. The second-order valence-corrected chi connectivity index (χ2v) is 7.75. The second kappa shape index (κ2) is 8.52. The van der Waals surface area contributed by atoms with Crippen molar-refractivity contribution < 1.29 is 4.79 Å². The van der Waals surface area contributed by atoms with Crippen molar-refractivity contribution in [3.8, 4) is 11.4 Å². The molecule has 0 bridgehead atoms. The number of hydrogen-bond acceptors (Lipinski definition) is 4. The zero-order chi connectivity index (χ0) is 17.6. The molecule has 1 amide bonds. The van der Waals surface area contributed by atoms with Crippen LogP contribution in [0.1, 0.15) is 46.0 Å². The largest absolute Gasteiger partial charge is 0.337 e. The number of carbonyl (C=O) groups is 1. The van der Waals surface area contributed by atoms with Crippen molar-refractivity contribution in [2.24, 2.45) is 0 Å². The molecule has 1 saturated carbocycles. The van der Waals surface area contributed by atoms with Crippen LogP contribution >= 0.6 is 11.8 Å². The molecule has 1 aliphatic carbocycles. The molecule has 1 aromatic heterocycles. The van der Waals surface area contributed by atoms with Crippen molar-refractivity contribution in [1.29, 1.82) is 0 Å². The topological polar surface area (TPSA) is 61.9 Å². The van der Waals surface area contributed by atoms with Crippen LogP contribution in [-0.2, 0) is 4.79 Å². The first-order valence-corrected chi connectivity index (χ1v) is 10.1. The van der Waals surface area contributed by atoms with E-state index < -0.39 is 0 Å². The number of H-pyrrole nitrogens is 1. The summed E-state index contributed by atoms with van der Waals surface area (Å²) in [5.41, 5.74) is 0.999. The normalized spacial score (nSPS) is 15.5. The molecule has 0 atom stereocenters. The molecule has 25 heavy (non-hydrogen) atoms. The Labute approximate surface area is 153 Å². The van der Waals surface area contributed by atoms with E-state index in [0.29, 0.717) is 17.0 Å². The molecule has 0 radical (unpaired) electrons. The minimum Gasteiger partial charge on any atom is -0.337 e. The summed E-state index contributed by atoms with van der Waals surface area (Å²) in [5.74, 6) is 1.32. The summed E-state index contributed by atoms with van der Waals surface area (Å²) < 4.78 is 0. The molecule has 1 aliphatic rings. The van der Waals surface area contributed by atoms with Crippen LogP contribution in [0.25, 0.3) is 11.4 Å². The predicted molar refractivity (Wildman–Crippen MR) is 101 cm³/mol. The van der Waals surface area contributed by atoms with Crippen molar-refractivity contribution >= 4 is 17.7 Å². The van der Waals surface area contributed by atoms with Gasteiger partial charge in [0, 0.05) is 17.6 Å². The molecular formula is C19H26N4OS. The Morgan fingerprint density at radius 2 is 1.96 bits per heavy atom.